The van der Waals surface area contributed by atoms with Crippen LogP contribution in [0, 0.1) is 0 Å². The Morgan fingerprint density at radius 1 is 1.75 bits per heavy atom. The molecule has 0 fully saturated rings. The standard InChI is InChI=1S/C5H10O2.K.H/c1-3-4-7-5(2)6;;/h3-4H2,1-2H3;;/q;+1;-1. The normalized spacial score (nSPS) is 7.25. The summed E-state index contributed by atoms with van der Waals surface area (Å²) in [6, 6.07) is 0. The summed E-state index contributed by atoms with van der Waals surface area (Å²) in [5, 5.41) is 0. The van der Waals surface area contributed by atoms with Crippen molar-refractivity contribution in [1.29, 1.82) is 0 Å². The molecule has 0 aromatic heterocycles. The molecule has 8 heavy (non-hydrogen) atoms. The van der Waals surface area contributed by atoms with Gasteiger partial charge in [-0.15, -0.1) is 0 Å². The first kappa shape index (κ1) is 11.8. The summed E-state index contributed by atoms with van der Waals surface area (Å²) in [6.45, 7) is 3.92. The van der Waals surface area contributed by atoms with E-state index in [0.29, 0.717) is 6.61 Å². The number of ether oxygens (including phenoxy) is 1. The summed E-state index contributed by atoms with van der Waals surface area (Å²) in [6.07, 6.45) is 0.902. The fourth-order valence-electron chi connectivity index (χ4n) is 0.246. The van der Waals surface area contributed by atoms with Crippen LogP contribution >= 0.6 is 0 Å². The minimum atomic E-state index is -0.193. The van der Waals surface area contributed by atoms with Gasteiger partial charge in [-0.3, -0.25) is 4.79 Å². The van der Waals surface area contributed by atoms with Crippen LogP contribution in [0.15, 0.2) is 0 Å². The number of esters is 1. The molecule has 0 heterocycles. The van der Waals surface area contributed by atoms with Crippen molar-refractivity contribution in [2.75, 3.05) is 6.61 Å². The van der Waals surface area contributed by atoms with Crippen molar-refractivity contribution in [1.82, 2.24) is 0 Å². The molecule has 0 spiro atoms. The van der Waals surface area contributed by atoms with Crippen LogP contribution in [-0.2, 0) is 9.53 Å². The molecule has 0 aliphatic carbocycles. The third kappa shape index (κ3) is 10.2. The molecular formula is C5H11KO2. The van der Waals surface area contributed by atoms with E-state index in [2.05, 4.69) is 4.74 Å². The molecule has 0 saturated heterocycles. The summed E-state index contributed by atoms with van der Waals surface area (Å²) in [5.41, 5.74) is 0. The zero-order valence-corrected chi connectivity index (χ0v) is 8.85. The smallest absolute Gasteiger partial charge is 1.00 e. The van der Waals surface area contributed by atoms with Gasteiger partial charge in [0.15, 0.2) is 0 Å². The molecule has 0 N–H and O–H groups in total. The molecule has 0 saturated carbocycles. The molecule has 0 bridgehead atoms. The van der Waals surface area contributed by atoms with Gasteiger partial charge in [0, 0.05) is 6.92 Å². The van der Waals surface area contributed by atoms with Crippen molar-refractivity contribution >= 4 is 5.97 Å². The van der Waals surface area contributed by atoms with Gasteiger partial charge in [-0.2, -0.15) is 0 Å². The van der Waals surface area contributed by atoms with Crippen LogP contribution in [0.4, 0.5) is 0 Å². The molecule has 0 rings (SSSR count). The summed E-state index contributed by atoms with van der Waals surface area (Å²) < 4.78 is 4.55. The Kier molecular flexibility index (Phi) is 12.0. The Balaban J connectivity index is -0.000000180. The maximum atomic E-state index is 9.98. The fraction of sp³-hybridized carbons (Fsp3) is 0.800. The van der Waals surface area contributed by atoms with Crippen LogP contribution in [0.1, 0.15) is 21.7 Å². The predicted molar refractivity (Wildman–Crippen MR) is 28.0 cm³/mol. The number of carbonyl (C=O) groups excluding carboxylic acids is 1. The summed E-state index contributed by atoms with van der Waals surface area (Å²) >= 11 is 0. The van der Waals surface area contributed by atoms with E-state index in [1.165, 1.54) is 6.92 Å². The Bertz CT molecular complexity index is 68.0. The Morgan fingerprint density at radius 2 is 2.25 bits per heavy atom. The second kappa shape index (κ2) is 8.11. The molecule has 2 nitrogen and oxygen atoms in total. The van der Waals surface area contributed by atoms with Crippen LogP contribution in [-0.4, -0.2) is 12.6 Å². The van der Waals surface area contributed by atoms with E-state index >= 15 is 0 Å². The largest absolute Gasteiger partial charge is 1.00 e. The van der Waals surface area contributed by atoms with Gasteiger partial charge in [-0.25, -0.2) is 0 Å². The molecule has 0 radical (unpaired) electrons. The maximum absolute atomic E-state index is 9.98. The van der Waals surface area contributed by atoms with Gasteiger partial charge in [0.25, 0.3) is 0 Å². The number of carbonyl (C=O) groups is 1. The van der Waals surface area contributed by atoms with Crippen molar-refractivity contribution in [2.45, 2.75) is 20.3 Å². The molecule has 0 aliphatic rings. The Hall–Kier alpha value is 1.11. The Labute approximate surface area is 93.9 Å². The van der Waals surface area contributed by atoms with Crippen LogP contribution in [0.3, 0.4) is 0 Å². The van der Waals surface area contributed by atoms with Gasteiger partial charge < -0.3 is 6.16 Å². The molecule has 0 unspecified atom stereocenters. The minimum absolute atomic E-state index is 0. The molecule has 0 aromatic rings. The van der Waals surface area contributed by atoms with Gasteiger partial charge in [0.1, 0.15) is 0 Å². The van der Waals surface area contributed by atoms with E-state index in [1.54, 1.807) is 0 Å². The monoisotopic (exact) mass is 142 g/mol. The van der Waals surface area contributed by atoms with Crippen molar-refractivity contribution in [2.24, 2.45) is 0 Å². The van der Waals surface area contributed by atoms with Crippen molar-refractivity contribution in [3.63, 3.8) is 0 Å². The first-order valence-corrected chi connectivity index (χ1v) is 2.40. The SMILES string of the molecule is CCCOC(C)=O.[H-].[K+]. The summed E-state index contributed by atoms with van der Waals surface area (Å²) in [5.74, 6) is -0.193. The molecule has 0 aromatic carbocycles. The van der Waals surface area contributed by atoms with E-state index in [4.69, 9.17) is 0 Å². The van der Waals surface area contributed by atoms with E-state index in [1.807, 2.05) is 6.92 Å². The Morgan fingerprint density at radius 3 is 2.38 bits per heavy atom. The third-order valence-electron chi connectivity index (χ3n) is 0.509. The fourth-order valence-corrected chi connectivity index (χ4v) is 0.246. The number of hydrogen-bond donors (Lipinski definition) is 0. The van der Waals surface area contributed by atoms with Crippen LogP contribution in [0.25, 0.3) is 0 Å². The van der Waals surface area contributed by atoms with E-state index in [9.17, 15) is 4.79 Å². The van der Waals surface area contributed by atoms with Crippen LogP contribution in [0.2, 0.25) is 0 Å². The maximum Gasteiger partial charge on any atom is 1.00 e. The first-order valence-electron chi connectivity index (χ1n) is 2.40. The molecule has 3 heteroatoms. The minimum Gasteiger partial charge on any atom is -1.00 e. The summed E-state index contributed by atoms with van der Waals surface area (Å²) in [4.78, 5) is 9.98. The molecule has 0 atom stereocenters. The van der Waals surface area contributed by atoms with Gasteiger partial charge in [-0.1, -0.05) is 6.92 Å². The van der Waals surface area contributed by atoms with Crippen molar-refractivity contribution in [3.05, 3.63) is 0 Å². The van der Waals surface area contributed by atoms with E-state index < -0.39 is 0 Å². The predicted octanol–water partition coefficient (Wildman–Crippen LogP) is -1.92. The zero-order valence-electron chi connectivity index (χ0n) is 6.73. The second-order valence-corrected chi connectivity index (χ2v) is 1.34. The van der Waals surface area contributed by atoms with Crippen LogP contribution in [0.5, 0.6) is 0 Å². The summed E-state index contributed by atoms with van der Waals surface area (Å²) in [7, 11) is 0. The molecule has 0 aliphatic heterocycles. The molecule has 0 amide bonds. The van der Waals surface area contributed by atoms with Crippen molar-refractivity contribution < 1.29 is 62.3 Å². The quantitative estimate of drug-likeness (QED) is 0.332. The molecular weight excluding hydrogens is 131 g/mol. The number of hydrogen-bond acceptors (Lipinski definition) is 2. The third-order valence-corrected chi connectivity index (χ3v) is 0.509. The van der Waals surface area contributed by atoms with Gasteiger partial charge in [-0.05, 0) is 6.42 Å². The average Bonchev–Trinajstić information content (AvgIpc) is 1.61. The van der Waals surface area contributed by atoms with E-state index in [-0.39, 0.29) is 58.8 Å². The zero-order chi connectivity index (χ0) is 5.70. The average molecular weight is 142 g/mol. The molecule has 44 valence electrons. The van der Waals surface area contributed by atoms with Crippen molar-refractivity contribution in [3.8, 4) is 0 Å². The first-order chi connectivity index (χ1) is 3.27. The number of rotatable bonds is 2. The van der Waals surface area contributed by atoms with Gasteiger partial charge in [0.05, 0.1) is 6.61 Å². The topological polar surface area (TPSA) is 26.3 Å². The van der Waals surface area contributed by atoms with Gasteiger partial charge in [0.2, 0.25) is 0 Å². The van der Waals surface area contributed by atoms with Gasteiger partial charge >= 0.3 is 57.4 Å². The van der Waals surface area contributed by atoms with E-state index in [0.717, 1.165) is 6.42 Å². The second-order valence-electron chi connectivity index (χ2n) is 1.34. The van der Waals surface area contributed by atoms with Crippen LogP contribution < -0.4 is 51.4 Å².